The molecule has 0 unspecified atom stereocenters. The quantitative estimate of drug-likeness (QED) is 0.334. The average Bonchev–Trinajstić information content (AvgIpc) is 3.46. The molecule has 2 aromatic carbocycles. The third-order valence-electron chi connectivity index (χ3n) is 7.02. The van der Waals surface area contributed by atoms with E-state index in [1.54, 1.807) is 31.4 Å². The Morgan fingerprint density at radius 2 is 1.68 bits per heavy atom. The third kappa shape index (κ3) is 4.16. The number of Topliss-reactive ketones (excluding diaryl/α,β-unsaturated/α-hetero) is 1. The molecule has 0 aromatic heterocycles. The number of fused-ring (bicyclic) bond motifs is 1. The van der Waals surface area contributed by atoms with Crippen LogP contribution in [0.2, 0.25) is 0 Å². The zero-order valence-electron chi connectivity index (χ0n) is 18.6. The number of carbonyl (C=O) groups excluding carboxylic acids is 4. The van der Waals surface area contributed by atoms with Gasteiger partial charge in [-0.3, -0.25) is 19.2 Å². The minimum atomic E-state index is -0.517. The largest absolute Gasteiger partial charge is 0.497 e. The van der Waals surface area contributed by atoms with Crippen molar-refractivity contribution >= 4 is 23.7 Å². The average molecular weight is 464 g/mol. The number of ether oxygens (including phenoxy) is 4. The standard InChI is InChI=1S/C26H24O8/c1-31-17-6-2-14(3-7-17)10-22(28)33-18-8-4-15(5-9-18)20(27)13-32-25(29)23-16-11-19-21(12-16)34-26(30)24(19)23/h2-9,16,19,21,23-24H,10-13H2,1H3/t16-,19+,21-,23-,24-/m1/s1. The molecule has 5 rings (SSSR count). The van der Waals surface area contributed by atoms with Gasteiger partial charge in [0.15, 0.2) is 12.4 Å². The molecule has 34 heavy (non-hydrogen) atoms. The fraction of sp³-hybridized carbons (Fsp3) is 0.385. The van der Waals surface area contributed by atoms with Crippen molar-refractivity contribution in [2.75, 3.05) is 13.7 Å². The zero-order valence-corrected chi connectivity index (χ0v) is 18.6. The lowest BCUT2D eigenvalue weighted by molar-refractivity contribution is -0.154. The number of benzene rings is 2. The molecular weight excluding hydrogens is 440 g/mol. The van der Waals surface area contributed by atoms with Gasteiger partial charge >= 0.3 is 17.9 Å². The van der Waals surface area contributed by atoms with E-state index in [2.05, 4.69) is 0 Å². The van der Waals surface area contributed by atoms with Crippen molar-refractivity contribution in [3.8, 4) is 11.5 Å². The van der Waals surface area contributed by atoms with Crippen LogP contribution in [0.3, 0.4) is 0 Å². The summed E-state index contributed by atoms with van der Waals surface area (Å²) in [4.78, 5) is 49.4. The van der Waals surface area contributed by atoms with Crippen molar-refractivity contribution in [3.63, 3.8) is 0 Å². The lowest BCUT2D eigenvalue weighted by atomic mass is 9.80. The maximum absolute atomic E-state index is 12.6. The monoisotopic (exact) mass is 464 g/mol. The summed E-state index contributed by atoms with van der Waals surface area (Å²) < 4.78 is 21.0. The molecule has 1 aliphatic heterocycles. The molecule has 2 aromatic rings. The Hall–Kier alpha value is -3.68. The van der Waals surface area contributed by atoms with Gasteiger partial charge in [0.1, 0.15) is 17.6 Å². The molecule has 8 nitrogen and oxygen atoms in total. The van der Waals surface area contributed by atoms with Crippen LogP contribution >= 0.6 is 0 Å². The third-order valence-corrected chi connectivity index (χ3v) is 7.02. The summed E-state index contributed by atoms with van der Waals surface area (Å²) in [5, 5.41) is 0. The molecule has 1 heterocycles. The second kappa shape index (κ2) is 8.93. The molecular formula is C26H24O8. The van der Waals surface area contributed by atoms with Crippen LogP contribution < -0.4 is 9.47 Å². The molecule has 0 amide bonds. The van der Waals surface area contributed by atoms with Gasteiger partial charge in [-0.25, -0.2) is 0 Å². The van der Waals surface area contributed by atoms with Gasteiger partial charge in [-0.15, -0.1) is 0 Å². The number of esters is 3. The number of hydrogen-bond acceptors (Lipinski definition) is 8. The van der Waals surface area contributed by atoms with E-state index >= 15 is 0 Å². The Kier molecular flexibility index (Phi) is 5.81. The van der Waals surface area contributed by atoms with Crippen LogP contribution in [0.5, 0.6) is 11.5 Å². The highest BCUT2D eigenvalue weighted by Gasteiger charge is 2.64. The number of rotatable bonds is 8. The van der Waals surface area contributed by atoms with Crippen molar-refractivity contribution in [2.24, 2.45) is 23.7 Å². The minimum absolute atomic E-state index is 0.0583. The molecule has 2 saturated carbocycles. The first-order valence-corrected chi connectivity index (χ1v) is 11.3. The van der Waals surface area contributed by atoms with E-state index in [1.165, 1.54) is 24.3 Å². The van der Waals surface area contributed by atoms with E-state index in [9.17, 15) is 19.2 Å². The van der Waals surface area contributed by atoms with Gasteiger partial charge in [0.2, 0.25) is 0 Å². The van der Waals surface area contributed by atoms with Crippen molar-refractivity contribution in [3.05, 3.63) is 59.7 Å². The molecule has 0 spiro atoms. The van der Waals surface area contributed by atoms with Gasteiger partial charge in [0, 0.05) is 11.5 Å². The van der Waals surface area contributed by atoms with E-state index in [1.807, 2.05) is 0 Å². The molecule has 5 atom stereocenters. The molecule has 3 fully saturated rings. The van der Waals surface area contributed by atoms with Crippen LogP contribution in [-0.4, -0.2) is 43.5 Å². The predicted octanol–water partition coefficient (Wildman–Crippen LogP) is 2.77. The fourth-order valence-electron chi connectivity index (χ4n) is 5.43. The summed E-state index contributed by atoms with van der Waals surface area (Å²) in [5.41, 5.74) is 1.12. The Morgan fingerprint density at radius 3 is 2.38 bits per heavy atom. The van der Waals surface area contributed by atoms with Crippen LogP contribution in [0.4, 0.5) is 0 Å². The van der Waals surface area contributed by atoms with Gasteiger partial charge in [-0.1, -0.05) is 12.1 Å². The summed E-state index contributed by atoms with van der Waals surface area (Å²) in [6.07, 6.45) is 1.53. The van der Waals surface area contributed by atoms with Crippen molar-refractivity contribution in [1.29, 1.82) is 0 Å². The Morgan fingerprint density at radius 1 is 0.971 bits per heavy atom. The summed E-state index contributed by atoms with van der Waals surface area (Å²) in [7, 11) is 1.57. The van der Waals surface area contributed by atoms with Crippen LogP contribution in [0.25, 0.3) is 0 Å². The van der Waals surface area contributed by atoms with Gasteiger partial charge in [-0.05, 0) is 60.7 Å². The van der Waals surface area contributed by atoms with E-state index in [0.29, 0.717) is 23.5 Å². The highest BCUT2D eigenvalue weighted by Crippen LogP contribution is 2.57. The first-order valence-electron chi connectivity index (χ1n) is 11.3. The van der Waals surface area contributed by atoms with Gasteiger partial charge in [0.25, 0.3) is 0 Å². The minimum Gasteiger partial charge on any atom is -0.497 e. The van der Waals surface area contributed by atoms with Gasteiger partial charge < -0.3 is 18.9 Å². The maximum atomic E-state index is 12.6. The zero-order chi connectivity index (χ0) is 23.8. The lowest BCUT2D eigenvalue weighted by Gasteiger charge is -2.22. The summed E-state index contributed by atoms with van der Waals surface area (Å²) in [5.74, 6) is -1.39. The van der Waals surface area contributed by atoms with Crippen LogP contribution in [0.1, 0.15) is 28.8 Å². The number of carbonyl (C=O) groups is 4. The number of hydrogen-bond donors (Lipinski definition) is 0. The maximum Gasteiger partial charge on any atom is 0.315 e. The first-order chi connectivity index (χ1) is 16.4. The van der Waals surface area contributed by atoms with Crippen molar-refractivity contribution < 1.29 is 38.1 Å². The van der Waals surface area contributed by atoms with Crippen LogP contribution in [-0.2, 0) is 30.3 Å². The topological polar surface area (TPSA) is 105 Å². The van der Waals surface area contributed by atoms with E-state index in [0.717, 1.165) is 12.0 Å². The second-order valence-corrected chi connectivity index (χ2v) is 8.98. The van der Waals surface area contributed by atoms with E-state index < -0.39 is 30.4 Å². The Bertz CT molecular complexity index is 1120. The summed E-state index contributed by atoms with van der Waals surface area (Å²) in [6, 6.07) is 13.2. The molecule has 1 saturated heterocycles. The van der Waals surface area contributed by atoms with E-state index in [4.69, 9.17) is 18.9 Å². The second-order valence-electron chi connectivity index (χ2n) is 8.98. The summed E-state index contributed by atoms with van der Waals surface area (Å²) >= 11 is 0. The molecule has 176 valence electrons. The highest BCUT2D eigenvalue weighted by atomic mass is 16.6. The molecule has 3 aliphatic rings. The highest BCUT2D eigenvalue weighted by molar-refractivity contribution is 5.98. The Labute approximate surface area is 196 Å². The fourth-order valence-corrected chi connectivity index (χ4v) is 5.43. The normalized spacial score (nSPS) is 26.1. The van der Waals surface area contributed by atoms with Crippen molar-refractivity contribution in [2.45, 2.75) is 25.4 Å². The SMILES string of the molecule is COc1ccc(CC(=O)Oc2ccc(C(=O)COC(=O)[C@@H]3[C@@H]4C[C@@H]5[C@H]3C(=O)O[C@@H]5C4)cc2)cc1. The molecule has 0 radical (unpaired) electrons. The number of ketones is 1. The molecule has 2 aliphatic carbocycles. The van der Waals surface area contributed by atoms with Crippen LogP contribution in [0, 0.1) is 23.7 Å². The molecule has 8 heteroatoms. The smallest absolute Gasteiger partial charge is 0.315 e. The lowest BCUT2D eigenvalue weighted by Crippen LogP contribution is -2.34. The molecule has 2 bridgehead atoms. The Balaban J connectivity index is 1.12. The number of methoxy groups -OCH3 is 1. The van der Waals surface area contributed by atoms with E-state index in [-0.39, 0.29) is 36.1 Å². The predicted molar refractivity (Wildman–Crippen MR) is 117 cm³/mol. The first kappa shape index (κ1) is 22.1. The van der Waals surface area contributed by atoms with Gasteiger partial charge in [-0.2, -0.15) is 0 Å². The van der Waals surface area contributed by atoms with Crippen molar-refractivity contribution in [1.82, 2.24) is 0 Å². The van der Waals surface area contributed by atoms with Crippen LogP contribution in [0.15, 0.2) is 48.5 Å². The summed E-state index contributed by atoms with van der Waals surface area (Å²) in [6.45, 7) is -0.408. The molecule has 0 N–H and O–H groups in total. The van der Waals surface area contributed by atoms with Gasteiger partial charge in [0.05, 0.1) is 25.4 Å².